The SMILES string of the molecule is Cc1sc(-c2ccccc2N)nc1-c1ccc(NC(=O)C(C)(C)C)cc1. The van der Waals surface area contributed by atoms with Crippen molar-refractivity contribution in [3.63, 3.8) is 0 Å². The maximum Gasteiger partial charge on any atom is 0.229 e. The summed E-state index contributed by atoms with van der Waals surface area (Å²) < 4.78 is 0. The van der Waals surface area contributed by atoms with Gasteiger partial charge in [-0.15, -0.1) is 11.3 Å². The third-order valence-electron chi connectivity index (χ3n) is 4.09. The van der Waals surface area contributed by atoms with Gasteiger partial charge in [-0.25, -0.2) is 4.98 Å². The van der Waals surface area contributed by atoms with Crippen molar-refractivity contribution < 1.29 is 4.79 Å². The molecule has 3 rings (SSSR count). The molecule has 3 aromatic rings. The number of aromatic nitrogens is 1. The number of rotatable bonds is 3. The molecule has 3 N–H and O–H groups in total. The van der Waals surface area contributed by atoms with Gasteiger partial charge in [-0.3, -0.25) is 4.79 Å². The summed E-state index contributed by atoms with van der Waals surface area (Å²) in [7, 11) is 0. The lowest BCUT2D eigenvalue weighted by molar-refractivity contribution is -0.123. The molecule has 0 unspecified atom stereocenters. The number of benzene rings is 2. The Morgan fingerprint density at radius 2 is 1.73 bits per heavy atom. The first kappa shape index (κ1) is 18.1. The van der Waals surface area contributed by atoms with E-state index in [-0.39, 0.29) is 5.91 Å². The van der Waals surface area contributed by atoms with E-state index < -0.39 is 5.41 Å². The number of carbonyl (C=O) groups is 1. The molecule has 4 nitrogen and oxygen atoms in total. The Morgan fingerprint density at radius 1 is 1.08 bits per heavy atom. The Bertz CT molecular complexity index is 937. The van der Waals surface area contributed by atoms with Gasteiger partial charge in [0.1, 0.15) is 5.01 Å². The van der Waals surface area contributed by atoms with E-state index in [0.717, 1.165) is 38.1 Å². The van der Waals surface area contributed by atoms with Gasteiger partial charge >= 0.3 is 0 Å². The highest BCUT2D eigenvalue weighted by Crippen LogP contribution is 2.35. The van der Waals surface area contributed by atoms with Gasteiger partial charge in [0.25, 0.3) is 0 Å². The van der Waals surface area contributed by atoms with E-state index >= 15 is 0 Å². The summed E-state index contributed by atoms with van der Waals surface area (Å²) in [5, 5.41) is 3.86. The lowest BCUT2D eigenvalue weighted by atomic mass is 9.95. The first-order valence-corrected chi connectivity index (χ1v) is 9.31. The van der Waals surface area contributed by atoms with Crippen LogP contribution in [0.1, 0.15) is 25.6 Å². The van der Waals surface area contributed by atoms with Gasteiger partial charge in [0.2, 0.25) is 5.91 Å². The minimum atomic E-state index is -0.422. The van der Waals surface area contributed by atoms with Gasteiger partial charge in [0, 0.05) is 32.8 Å². The summed E-state index contributed by atoms with van der Waals surface area (Å²) in [5.41, 5.74) is 10.1. The molecule has 0 aliphatic heterocycles. The molecule has 1 heterocycles. The first-order valence-electron chi connectivity index (χ1n) is 8.50. The fourth-order valence-electron chi connectivity index (χ4n) is 2.50. The van der Waals surface area contributed by atoms with E-state index in [1.807, 2.05) is 69.3 Å². The number of thiazole rings is 1. The molecule has 0 radical (unpaired) electrons. The molecule has 0 aliphatic rings. The van der Waals surface area contributed by atoms with E-state index in [1.165, 1.54) is 0 Å². The van der Waals surface area contributed by atoms with Gasteiger partial charge in [-0.1, -0.05) is 45.0 Å². The molecule has 26 heavy (non-hydrogen) atoms. The van der Waals surface area contributed by atoms with Crippen LogP contribution in [0.15, 0.2) is 48.5 Å². The summed E-state index contributed by atoms with van der Waals surface area (Å²) in [6.45, 7) is 7.75. The van der Waals surface area contributed by atoms with Gasteiger partial charge in [0.05, 0.1) is 5.69 Å². The highest BCUT2D eigenvalue weighted by molar-refractivity contribution is 7.15. The van der Waals surface area contributed by atoms with Crippen molar-refractivity contribution in [2.45, 2.75) is 27.7 Å². The number of hydrogen-bond acceptors (Lipinski definition) is 4. The number of nitrogen functional groups attached to an aromatic ring is 1. The van der Waals surface area contributed by atoms with Gasteiger partial charge in [-0.2, -0.15) is 0 Å². The molecular weight excluding hydrogens is 342 g/mol. The standard InChI is InChI=1S/C21H23N3OS/c1-13-18(24-19(26-13)16-7-5-6-8-17(16)22)14-9-11-15(12-10-14)23-20(25)21(2,3)4/h5-12H,22H2,1-4H3,(H,23,25). The molecule has 5 heteroatoms. The number of aryl methyl sites for hydroxylation is 1. The third-order valence-corrected chi connectivity index (χ3v) is 5.09. The monoisotopic (exact) mass is 365 g/mol. The van der Waals surface area contributed by atoms with Crippen molar-refractivity contribution in [2.24, 2.45) is 5.41 Å². The Hall–Kier alpha value is -2.66. The fraction of sp³-hybridized carbons (Fsp3) is 0.238. The van der Waals surface area contributed by atoms with Crippen LogP contribution in [0.4, 0.5) is 11.4 Å². The number of amides is 1. The Labute approximate surface area is 158 Å². The number of carbonyl (C=O) groups excluding carboxylic acids is 1. The smallest absolute Gasteiger partial charge is 0.229 e. The van der Waals surface area contributed by atoms with Crippen LogP contribution in [-0.2, 0) is 4.79 Å². The average molecular weight is 366 g/mol. The highest BCUT2D eigenvalue weighted by atomic mass is 32.1. The first-order chi connectivity index (χ1) is 12.3. The van der Waals surface area contributed by atoms with Crippen molar-refractivity contribution >= 4 is 28.6 Å². The minimum absolute atomic E-state index is 0.00284. The quantitative estimate of drug-likeness (QED) is 0.615. The van der Waals surface area contributed by atoms with Gasteiger partial charge in [-0.05, 0) is 31.2 Å². The summed E-state index contributed by atoms with van der Waals surface area (Å²) in [6, 6.07) is 15.6. The largest absolute Gasteiger partial charge is 0.398 e. The van der Waals surface area contributed by atoms with Crippen LogP contribution in [0.2, 0.25) is 0 Å². The number of para-hydroxylation sites is 1. The molecule has 1 aromatic heterocycles. The second kappa shape index (κ2) is 6.92. The lowest BCUT2D eigenvalue weighted by Crippen LogP contribution is -2.27. The summed E-state index contributed by atoms with van der Waals surface area (Å²) >= 11 is 1.63. The van der Waals surface area contributed by atoms with E-state index in [4.69, 9.17) is 10.7 Å². The number of anilines is 2. The maximum absolute atomic E-state index is 12.1. The zero-order valence-electron chi connectivity index (χ0n) is 15.5. The fourth-order valence-corrected chi connectivity index (χ4v) is 3.48. The molecule has 0 atom stereocenters. The van der Waals surface area contributed by atoms with Crippen LogP contribution < -0.4 is 11.1 Å². The van der Waals surface area contributed by atoms with Gasteiger partial charge < -0.3 is 11.1 Å². The van der Waals surface area contributed by atoms with Crippen LogP contribution in [0.5, 0.6) is 0 Å². The molecule has 2 aromatic carbocycles. The summed E-state index contributed by atoms with van der Waals surface area (Å²) in [5.74, 6) is -0.00284. The predicted molar refractivity (Wildman–Crippen MR) is 110 cm³/mol. The molecular formula is C21H23N3OS. The second-order valence-electron chi connectivity index (χ2n) is 7.29. The van der Waals surface area contributed by atoms with Crippen molar-refractivity contribution in [1.82, 2.24) is 4.98 Å². The molecule has 0 aliphatic carbocycles. The normalized spacial score (nSPS) is 11.4. The summed E-state index contributed by atoms with van der Waals surface area (Å²) in [4.78, 5) is 18.0. The molecule has 1 amide bonds. The molecule has 0 fully saturated rings. The molecule has 134 valence electrons. The van der Waals surface area contributed by atoms with Crippen molar-refractivity contribution in [1.29, 1.82) is 0 Å². The maximum atomic E-state index is 12.1. The van der Waals surface area contributed by atoms with Crippen molar-refractivity contribution in [3.05, 3.63) is 53.4 Å². The molecule has 0 bridgehead atoms. The average Bonchev–Trinajstić information content (AvgIpc) is 2.96. The van der Waals surface area contributed by atoms with Crippen LogP contribution in [0.3, 0.4) is 0 Å². The topological polar surface area (TPSA) is 68.0 Å². The summed E-state index contributed by atoms with van der Waals surface area (Å²) in [6.07, 6.45) is 0. The van der Waals surface area contributed by atoms with E-state index in [1.54, 1.807) is 11.3 Å². The Morgan fingerprint density at radius 3 is 2.35 bits per heavy atom. The number of nitrogens with two attached hydrogens (primary N) is 1. The number of nitrogens with zero attached hydrogens (tertiary/aromatic N) is 1. The van der Waals surface area contributed by atoms with Crippen LogP contribution in [-0.4, -0.2) is 10.9 Å². The van der Waals surface area contributed by atoms with E-state index in [2.05, 4.69) is 12.2 Å². The lowest BCUT2D eigenvalue weighted by Gasteiger charge is -2.17. The predicted octanol–water partition coefficient (Wildman–Crippen LogP) is 5.35. The minimum Gasteiger partial charge on any atom is -0.398 e. The second-order valence-corrected chi connectivity index (χ2v) is 8.50. The molecule has 0 saturated heterocycles. The van der Waals surface area contributed by atoms with Crippen LogP contribution in [0, 0.1) is 12.3 Å². The van der Waals surface area contributed by atoms with E-state index in [9.17, 15) is 4.79 Å². The zero-order chi connectivity index (χ0) is 18.9. The van der Waals surface area contributed by atoms with Crippen LogP contribution >= 0.6 is 11.3 Å². The Balaban J connectivity index is 1.86. The van der Waals surface area contributed by atoms with Crippen LogP contribution in [0.25, 0.3) is 21.8 Å². The zero-order valence-corrected chi connectivity index (χ0v) is 16.3. The molecule has 0 spiro atoms. The highest BCUT2D eigenvalue weighted by Gasteiger charge is 2.21. The molecule has 0 saturated carbocycles. The van der Waals surface area contributed by atoms with Gasteiger partial charge in [0.15, 0.2) is 0 Å². The Kier molecular flexibility index (Phi) is 4.83. The third kappa shape index (κ3) is 3.78. The van der Waals surface area contributed by atoms with Crippen molar-refractivity contribution in [3.8, 4) is 21.8 Å². The number of hydrogen-bond donors (Lipinski definition) is 2. The van der Waals surface area contributed by atoms with Crippen molar-refractivity contribution in [2.75, 3.05) is 11.1 Å². The van der Waals surface area contributed by atoms with E-state index in [0.29, 0.717) is 0 Å². The number of nitrogens with one attached hydrogen (secondary N) is 1.